The van der Waals surface area contributed by atoms with E-state index in [2.05, 4.69) is 51.1 Å². The van der Waals surface area contributed by atoms with Gasteiger partial charge in [-0.15, -0.1) is 0 Å². The van der Waals surface area contributed by atoms with E-state index in [4.69, 9.17) is 4.52 Å². The number of hydrogen-bond acceptors (Lipinski definition) is 5. The fourth-order valence-electron chi connectivity index (χ4n) is 3.40. The Morgan fingerprint density at radius 1 is 1.00 bits per heavy atom. The minimum Gasteiger partial charge on any atom is -0.322 e. The topological polar surface area (TPSA) is 45.4 Å². The predicted octanol–water partition coefficient (Wildman–Crippen LogP) is 3.57. The molecule has 1 aliphatic heterocycles. The van der Waals surface area contributed by atoms with Crippen molar-refractivity contribution < 1.29 is 13.3 Å². The van der Waals surface area contributed by atoms with Crippen LogP contribution in [-0.2, 0) is 13.0 Å². The van der Waals surface area contributed by atoms with Gasteiger partial charge in [-0.25, -0.2) is 8.78 Å². The first kappa shape index (κ1) is 18.6. The average Bonchev–Trinajstić information content (AvgIpc) is 3.16. The van der Waals surface area contributed by atoms with Crippen LogP contribution in [0.25, 0.3) is 0 Å². The third kappa shape index (κ3) is 4.20. The summed E-state index contributed by atoms with van der Waals surface area (Å²) in [5.41, 5.74) is 3.26. The first-order chi connectivity index (χ1) is 13.6. The summed E-state index contributed by atoms with van der Waals surface area (Å²) in [4.78, 5) is 8.90. The zero-order chi connectivity index (χ0) is 19.5. The quantitative estimate of drug-likeness (QED) is 0.673. The van der Waals surface area contributed by atoms with Crippen molar-refractivity contribution in [1.29, 1.82) is 0 Å². The Hall–Kier alpha value is -2.80. The lowest BCUT2D eigenvalue weighted by Gasteiger charge is -2.33. The van der Waals surface area contributed by atoms with Crippen molar-refractivity contribution in [3.63, 3.8) is 0 Å². The van der Waals surface area contributed by atoms with Crippen LogP contribution in [0.15, 0.2) is 47.0 Å². The molecule has 3 aromatic rings. The highest BCUT2D eigenvalue weighted by Crippen LogP contribution is 2.18. The maximum Gasteiger partial charge on any atom is 0.324 e. The summed E-state index contributed by atoms with van der Waals surface area (Å²) in [5.74, 6) is -1.27. The van der Waals surface area contributed by atoms with Gasteiger partial charge < -0.3 is 9.42 Å². The third-order valence-electron chi connectivity index (χ3n) is 5.10. The number of anilines is 1. The maximum atomic E-state index is 13.3. The van der Waals surface area contributed by atoms with E-state index in [-0.39, 0.29) is 0 Å². The van der Waals surface area contributed by atoms with Gasteiger partial charge in [0.1, 0.15) is 0 Å². The molecule has 0 bridgehead atoms. The van der Waals surface area contributed by atoms with E-state index >= 15 is 0 Å². The molecule has 1 saturated heterocycles. The summed E-state index contributed by atoms with van der Waals surface area (Å²) in [6, 6.07) is 12.7. The molecule has 0 radical (unpaired) electrons. The molecule has 7 heteroatoms. The maximum absolute atomic E-state index is 13.3. The Balaban J connectivity index is 1.34. The van der Waals surface area contributed by atoms with E-state index in [0.717, 1.165) is 44.9 Å². The molecule has 28 heavy (non-hydrogen) atoms. The van der Waals surface area contributed by atoms with Crippen LogP contribution in [-0.4, -0.2) is 41.2 Å². The van der Waals surface area contributed by atoms with Gasteiger partial charge >= 0.3 is 6.01 Å². The van der Waals surface area contributed by atoms with E-state index in [0.29, 0.717) is 23.8 Å². The van der Waals surface area contributed by atoms with Gasteiger partial charge in [-0.3, -0.25) is 4.90 Å². The highest BCUT2D eigenvalue weighted by molar-refractivity contribution is 5.29. The molecule has 1 aromatic heterocycles. The van der Waals surface area contributed by atoms with Crippen LogP contribution in [0.1, 0.15) is 22.5 Å². The zero-order valence-electron chi connectivity index (χ0n) is 15.7. The van der Waals surface area contributed by atoms with Gasteiger partial charge in [0, 0.05) is 39.1 Å². The summed E-state index contributed by atoms with van der Waals surface area (Å²) in [6.07, 6.45) is 0.300. The molecule has 0 N–H and O–H groups in total. The highest BCUT2D eigenvalue weighted by atomic mass is 19.2. The number of aromatic nitrogens is 2. The number of aryl methyl sites for hydroxylation is 1. The summed E-state index contributed by atoms with van der Waals surface area (Å²) in [5, 5.41) is 3.98. The highest BCUT2D eigenvalue weighted by Gasteiger charge is 2.22. The molecule has 0 aliphatic carbocycles. The van der Waals surface area contributed by atoms with Gasteiger partial charge in [0.2, 0.25) is 0 Å². The van der Waals surface area contributed by atoms with Crippen LogP contribution in [0.4, 0.5) is 14.8 Å². The van der Waals surface area contributed by atoms with Gasteiger partial charge in [-0.1, -0.05) is 35.5 Å². The average molecular weight is 384 g/mol. The van der Waals surface area contributed by atoms with Crippen LogP contribution in [0.5, 0.6) is 0 Å². The molecular weight excluding hydrogens is 362 g/mol. The molecule has 0 spiro atoms. The smallest absolute Gasteiger partial charge is 0.322 e. The SMILES string of the molecule is Cc1ccccc1CN1CCN(c2nc(Cc3ccc(F)c(F)c3)no2)CC1. The Morgan fingerprint density at radius 3 is 2.54 bits per heavy atom. The molecule has 2 aromatic carbocycles. The lowest BCUT2D eigenvalue weighted by molar-refractivity contribution is 0.242. The van der Waals surface area contributed by atoms with E-state index < -0.39 is 11.6 Å². The Morgan fingerprint density at radius 2 is 1.79 bits per heavy atom. The lowest BCUT2D eigenvalue weighted by atomic mass is 10.1. The van der Waals surface area contributed by atoms with E-state index in [1.807, 2.05) is 0 Å². The number of halogens is 2. The number of rotatable bonds is 5. The van der Waals surface area contributed by atoms with Crippen LogP contribution in [0.2, 0.25) is 0 Å². The predicted molar refractivity (Wildman–Crippen MR) is 102 cm³/mol. The van der Waals surface area contributed by atoms with Crippen LogP contribution >= 0.6 is 0 Å². The van der Waals surface area contributed by atoms with Crippen molar-refractivity contribution in [3.05, 3.63) is 76.6 Å². The normalized spacial score (nSPS) is 15.2. The summed E-state index contributed by atoms with van der Waals surface area (Å²) in [7, 11) is 0. The number of nitrogens with zero attached hydrogens (tertiary/aromatic N) is 4. The minimum absolute atomic E-state index is 0.300. The summed E-state index contributed by atoms with van der Waals surface area (Å²) in [6.45, 7) is 6.51. The second kappa shape index (κ2) is 8.06. The van der Waals surface area contributed by atoms with E-state index in [1.54, 1.807) is 0 Å². The number of piperazine rings is 1. The standard InChI is InChI=1S/C21H22F2N4O/c1-15-4-2-3-5-17(15)14-26-8-10-27(11-9-26)21-24-20(25-28-21)13-16-6-7-18(22)19(23)12-16/h2-7,12H,8-11,13-14H2,1H3. The molecule has 0 unspecified atom stereocenters. The molecule has 2 heterocycles. The Bertz CT molecular complexity index is 951. The number of benzene rings is 2. The lowest BCUT2D eigenvalue weighted by Crippen LogP contribution is -2.46. The van der Waals surface area contributed by atoms with Crippen LogP contribution < -0.4 is 4.90 Å². The van der Waals surface area contributed by atoms with Crippen LogP contribution in [0, 0.1) is 18.6 Å². The van der Waals surface area contributed by atoms with Gasteiger partial charge in [-0.2, -0.15) is 4.98 Å². The Labute approximate surface area is 162 Å². The monoisotopic (exact) mass is 384 g/mol. The molecule has 0 atom stereocenters. The zero-order valence-corrected chi connectivity index (χ0v) is 15.7. The fourth-order valence-corrected chi connectivity index (χ4v) is 3.40. The van der Waals surface area contributed by atoms with E-state index in [1.165, 1.54) is 17.2 Å². The molecule has 0 saturated carbocycles. The molecule has 1 fully saturated rings. The van der Waals surface area contributed by atoms with Crippen LogP contribution in [0.3, 0.4) is 0 Å². The number of hydrogen-bond donors (Lipinski definition) is 0. The van der Waals surface area contributed by atoms with Gasteiger partial charge in [0.25, 0.3) is 0 Å². The van der Waals surface area contributed by atoms with Crippen molar-refractivity contribution in [3.8, 4) is 0 Å². The second-order valence-electron chi connectivity index (χ2n) is 7.11. The second-order valence-corrected chi connectivity index (χ2v) is 7.11. The van der Waals surface area contributed by atoms with Crippen molar-refractivity contribution in [2.45, 2.75) is 19.9 Å². The van der Waals surface area contributed by atoms with Crippen molar-refractivity contribution in [2.24, 2.45) is 0 Å². The van der Waals surface area contributed by atoms with Gasteiger partial charge in [0.15, 0.2) is 17.5 Å². The fraction of sp³-hybridized carbons (Fsp3) is 0.333. The van der Waals surface area contributed by atoms with Gasteiger partial charge in [0.05, 0.1) is 0 Å². The summed E-state index contributed by atoms with van der Waals surface area (Å²) >= 11 is 0. The third-order valence-corrected chi connectivity index (χ3v) is 5.10. The van der Waals surface area contributed by atoms with Crippen molar-refractivity contribution in [1.82, 2.24) is 15.0 Å². The molecule has 5 nitrogen and oxygen atoms in total. The molecule has 146 valence electrons. The minimum atomic E-state index is -0.869. The largest absolute Gasteiger partial charge is 0.324 e. The first-order valence-electron chi connectivity index (χ1n) is 9.37. The summed E-state index contributed by atoms with van der Waals surface area (Å²) < 4.78 is 31.8. The molecular formula is C21H22F2N4O. The van der Waals surface area contributed by atoms with Crippen molar-refractivity contribution in [2.75, 3.05) is 31.1 Å². The molecule has 1 aliphatic rings. The van der Waals surface area contributed by atoms with E-state index in [9.17, 15) is 8.78 Å². The first-order valence-corrected chi connectivity index (χ1v) is 9.37. The Kier molecular flexibility index (Phi) is 5.34. The molecule has 4 rings (SSSR count). The van der Waals surface area contributed by atoms with Crippen molar-refractivity contribution >= 4 is 6.01 Å². The van der Waals surface area contributed by atoms with Gasteiger partial charge in [-0.05, 0) is 35.7 Å². The molecule has 0 amide bonds.